The highest BCUT2D eigenvalue weighted by Gasteiger charge is 2.08. The molecule has 0 unspecified atom stereocenters. The van der Waals surface area contributed by atoms with E-state index in [2.05, 4.69) is 34.6 Å². The minimum Gasteiger partial charge on any atom is -0.458 e. The zero-order valence-corrected chi connectivity index (χ0v) is 21.3. The molecule has 0 amide bonds. The number of ether oxygens (including phenoxy) is 1. The van der Waals surface area contributed by atoms with Crippen LogP contribution in [0.15, 0.2) is 35.9 Å². The molecule has 1 rings (SSSR count). The van der Waals surface area contributed by atoms with Gasteiger partial charge < -0.3 is 4.74 Å². The number of carbonyl (C=O) groups excluding carboxylic acids is 1. The molecule has 0 radical (unpaired) electrons. The van der Waals surface area contributed by atoms with Crippen molar-refractivity contribution in [2.24, 2.45) is 17.8 Å². The molecule has 31 heavy (non-hydrogen) atoms. The van der Waals surface area contributed by atoms with Gasteiger partial charge in [-0.05, 0) is 61.3 Å². The van der Waals surface area contributed by atoms with Crippen LogP contribution in [0.2, 0.25) is 0 Å². The fourth-order valence-corrected chi connectivity index (χ4v) is 4.10. The van der Waals surface area contributed by atoms with Crippen LogP contribution in [0, 0.1) is 17.8 Å². The van der Waals surface area contributed by atoms with Crippen molar-refractivity contribution >= 4 is 17.6 Å². The number of esters is 1. The number of alkyl halides is 1. The third-order valence-corrected chi connectivity index (χ3v) is 6.41. The lowest BCUT2D eigenvalue weighted by atomic mass is 9.91. The van der Waals surface area contributed by atoms with Crippen molar-refractivity contribution in [2.75, 3.05) is 6.61 Å². The molecule has 3 heteroatoms. The Morgan fingerprint density at radius 2 is 1.58 bits per heavy atom. The Balaban J connectivity index is 2.14. The molecule has 0 fully saturated rings. The van der Waals surface area contributed by atoms with Crippen molar-refractivity contribution < 1.29 is 9.53 Å². The molecule has 0 aliphatic heterocycles. The second kappa shape index (κ2) is 16.4. The van der Waals surface area contributed by atoms with Crippen LogP contribution in [0.3, 0.4) is 0 Å². The van der Waals surface area contributed by atoms with E-state index < -0.39 is 0 Å². The zero-order valence-electron chi connectivity index (χ0n) is 20.6. The van der Waals surface area contributed by atoms with Gasteiger partial charge in [-0.15, -0.1) is 11.6 Å². The molecule has 0 aromatic heterocycles. The first-order valence-electron chi connectivity index (χ1n) is 12.3. The van der Waals surface area contributed by atoms with Gasteiger partial charge in [0.1, 0.15) is 6.61 Å². The topological polar surface area (TPSA) is 26.3 Å². The molecule has 2 nitrogen and oxygen atoms in total. The van der Waals surface area contributed by atoms with Gasteiger partial charge in [-0.1, -0.05) is 90.3 Å². The molecule has 2 atom stereocenters. The summed E-state index contributed by atoms with van der Waals surface area (Å²) in [6.45, 7) is 11.9. The monoisotopic (exact) mass is 448 g/mol. The molecular weight excluding hydrogens is 404 g/mol. The maximum absolute atomic E-state index is 12.1. The van der Waals surface area contributed by atoms with E-state index in [4.69, 9.17) is 16.3 Å². The number of allylic oxidation sites excluding steroid dienone is 1. The van der Waals surface area contributed by atoms with Gasteiger partial charge in [-0.2, -0.15) is 0 Å². The largest absolute Gasteiger partial charge is 0.458 e. The van der Waals surface area contributed by atoms with E-state index in [1.54, 1.807) is 12.1 Å². The van der Waals surface area contributed by atoms with Gasteiger partial charge in [0, 0.05) is 5.88 Å². The first-order chi connectivity index (χ1) is 14.8. The van der Waals surface area contributed by atoms with Crippen LogP contribution < -0.4 is 0 Å². The van der Waals surface area contributed by atoms with Gasteiger partial charge in [0.2, 0.25) is 0 Å². The molecule has 0 saturated carbocycles. The molecule has 1 aromatic rings. The summed E-state index contributed by atoms with van der Waals surface area (Å²) < 4.78 is 5.38. The molecular formula is C28H45ClO2. The van der Waals surface area contributed by atoms with E-state index in [9.17, 15) is 4.79 Å². The third-order valence-electron chi connectivity index (χ3n) is 6.10. The van der Waals surface area contributed by atoms with Crippen molar-refractivity contribution in [3.8, 4) is 0 Å². The molecule has 0 N–H and O–H groups in total. The lowest BCUT2D eigenvalue weighted by Crippen LogP contribution is -2.05. The second-order valence-electron chi connectivity index (χ2n) is 9.84. The highest BCUT2D eigenvalue weighted by Crippen LogP contribution is 2.22. The van der Waals surface area contributed by atoms with Crippen molar-refractivity contribution in [3.63, 3.8) is 0 Å². The molecule has 0 bridgehead atoms. The highest BCUT2D eigenvalue weighted by molar-refractivity contribution is 6.17. The normalized spacial score (nSPS) is 14.0. The van der Waals surface area contributed by atoms with Crippen LogP contribution in [0.4, 0.5) is 0 Å². The maximum Gasteiger partial charge on any atom is 0.338 e. The Bertz CT molecular complexity index is 650. The highest BCUT2D eigenvalue weighted by atomic mass is 35.5. The van der Waals surface area contributed by atoms with E-state index in [1.165, 1.54) is 56.9 Å². The lowest BCUT2D eigenvalue weighted by Gasteiger charge is -2.15. The smallest absolute Gasteiger partial charge is 0.338 e. The minimum absolute atomic E-state index is 0.289. The summed E-state index contributed by atoms with van der Waals surface area (Å²) in [5.41, 5.74) is 2.79. The third kappa shape index (κ3) is 13.7. The maximum atomic E-state index is 12.1. The van der Waals surface area contributed by atoms with E-state index in [0.29, 0.717) is 18.1 Å². The summed E-state index contributed by atoms with van der Waals surface area (Å²) in [5, 5.41) is 0. The Labute approximate surface area is 196 Å². The van der Waals surface area contributed by atoms with Gasteiger partial charge >= 0.3 is 5.97 Å². The Morgan fingerprint density at radius 1 is 0.968 bits per heavy atom. The van der Waals surface area contributed by atoms with Gasteiger partial charge in [-0.3, -0.25) is 0 Å². The molecule has 0 heterocycles. The minimum atomic E-state index is -0.289. The van der Waals surface area contributed by atoms with Crippen LogP contribution in [0.25, 0.3) is 0 Å². The molecule has 0 spiro atoms. The fourth-order valence-electron chi connectivity index (χ4n) is 3.93. The summed E-state index contributed by atoms with van der Waals surface area (Å²) in [6, 6.07) is 7.30. The SMILES string of the molecule is C/C(=C\COC(=O)c1cccc(CCl)c1)CCC[C@H](C)CCC[C@H](C)CCCC(C)C. The van der Waals surface area contributed by atoms with Crippen molar-refractivity contribution in [2.45, 2.75) is 98.3 Å². The predicted octanol–water partition coefficient (Wildman–Crippen LogP) is 8.97. The van der Waals surface area contributed by atoms with Crippen LogP contribution in [-0.2, 0) is 10.6 Å². The van der Waals surface area contributed by atoms with E-state index in [-0.39, 0.29) is 5.97 Å². The second-order valence-corrected chi connectivity index (χ2v) is 10.1. The Hall–Kier alpha value is -1.28. The molecule has 176 valence electrons. The van der Waals surface area contributed by atoms with E-state index in [0.717, 1.165) is 29.7 Å². The lowest BCUT2D eigenvalue weighted by molar-refractivity contribution is 0.0548. The number of rotatable bonds is 16. The quantitative estimate of drug-likeness (QED) is 0.143. The first kappa shape index (κ1) is 27.8. The Kier molecular flexibility index (Phi) is 14.7. The van der Waals surface area contributed by atoms with Gasteiger partial charge in [0.05, 0.1) is 5.56 Å². The average molecular weight is 449 g/mol. The van der Waals surface area contributed by atoms with Crippen LogP contribution in [0.1, 0.15) is 108 Å². The van der Waals surface area contributed by atoms with Crippen LogP contribution in [-0.4, -0.2) is 12.6 Å². The van der Waals surface area contributed by atoms with E-state index in [1.807, 2.05) is 18.2 Å². The number of hydrogen-bond acceptors (Lipinski definition) is 2. The molecule has 0 aliphatic rings. The summed E-state index contributed by atoms with van der Waals surface area (Å²) >= 11 is 5.83. The first-order valence-corrected chi connectivity index (χ1v) is 12.8. The van der Waals surface area contributed by atoms with E-state index >= 15 is 0 Å². The van der Waals surface area contributed by atoms with Gasteiger partial charge in [0.15, 0.2) is 0 Å². The van der Waals surface area contributed by atoms with Crippen molar-refractivity contribution in [3.05, 3.63) is 47.0 Å². The number of halogens is 1. The number of carbonyl (C=O) groups is 1. The molecule has 1 aromatic carbocycles. The average Bonchev–Trinajstić information content (AvgIpc) is 2.73. The summed E-state index contributed by atoms with van der Waals surface area (Å²) in [6.07, 6.45) is 13.8. The standard InChI is InChI=1S/C28H45ClO2/c1-22(2)10-6-11-23(3)12-7-13-24(4)14-8-15-25(5)18-19-31-28(30)27-17-9-16-26(20-27)21-29/h9,16-18,20,22-24H,6-8,10-15,19,21H2,1-5H3/b25-18+/t23-,24-/m1/s1. The van der Waals surface area contributed by atoms with Gasteiger partial charge in [0.25, 0.3) is 0 Å². The van der Waals surface area contributed by atoms with Crippen LogP contribution in [0.5, 0.6) is 0 Å². The summed E-state index contributed by atoms with van der Waals surface area (Å²) in [7, 11) is 0. The number of hydrogen-bond donors (Lipinski definition) is 0. The van der Waals surface area contributed by atoms with Crippen LogP contribution >= 0.6 is 11.6 Å². The van der Waals surface area contributed by atoms with Gasteiger partial charge in [-0.25, -0.2) is 4.79 Å². The zero-order chi connectivity index (χ0) is 23.1. The summed E-state index contributed by atoms with van der Waals surface area (Å²) in [5.74, 6) is 2.61. The van der Waals surface area contributed by atoms with Crippen molar-refractivity contribution in [1.29, 1.82) is 0 Å². The fraction of sp³-hybridized carbons (Fsp3) is 0.679. The predicted molar refractivity (Wildman–Crippen MR) is 135 cm³/mol. The van der Waals surface area contributed by atoms with Crippen molar-refractivity contribution in [1.82, 2.24) is 0 Å². The Morgan fingerprint density at radius 3 is 2.19 bits per heavy atom. The summed E-state index contributed by atoms with van der Waals surface area (Å²) in [4.78, 5) is 12.1. The molecule has 0 aliphatic carbocycles. The number of benzene rings is 1. The molecule has 0 saturated heterocycles.